The van der Waals surface area contributed by atoms with E-state index in [9.17, 15) is 18.0 Å². The zero-order chi connectivity index (χ0) is 23.9. The Balaban J connectivity index is 1.81. The Morgan fingerprint density at radius 2 is 1.70 bits per heavy atom. The molecular formula is C24H26F4N4O. The van der Waals surface area contributed by atoms with E-state index in [4.69, 9.17) is 5.73 Å². The quantitative estimate of drug-likeness (QED) is 0.596. The van der Waals surface area contributed by atoms with Gasteiger partial charge in [-0.1, -0.05) is 12.1 Å². The Morgan fingerprint density at radius 1 is 1.06 bits per heavy atom. The summed E-state index contributed by atoms with van der Waals surface area (Å²) in [7, 11) is 2.01. The molecule has 1 unspecified atom stereocenters. The van der Waals surface area contributed by atoms with E-state index in [2.05, 4.69) is 4.90 Å². The highest BCUT2D eigenvalue weighted by molar-refractivity contribution is 5.84. The maximum absolute atomic E-state index is 15.1. The lowest BCUT2D eigenvalue weighted by Crippen LogP contribution is -2.44. The summed E-state index contributed by atoms with van der Waals surface area (Å²) < 4.78 is 55.6. The van der Waals surface area contributed by atoms with Crippen LogP contribution < -0.4 is 16.1 Å². The zero-order valence-corrected chi connectivity index (χ0v) is 18.5. The van der Waals surface area contributed by atoms with E-state index in [-0.39, 0.29) is 17.4 Å². The van der Waals surface area contributed by atoms with Crippen LogP contribution >= 0.6 is 0 Å². The molecule has 33 heavy (non-hydrogen) atoms. The third-order valence-corrected chi connectivity index (χ3v) is 6.15. The lowest BCUT2D eigenvalue weighted by molar-refractivity contribution is -0.137. The molecule has 3 aromatic rings. The van der Waals surface area contributed by atoms with Crippen molar-refractivity contribution >= 4 is 16.6 Å². The van der Waals surface area contributed by atoms with Gasteiger partial charge in [-0.3, -0.25) is 4.79 Å². The number of fused-ring (bicyclic) bond motifs is 1. The van der Waals surface area contributed by atoms with E-state index in [1.54, 1.807) is 23.8 Å². The molecule has 5 nitrogen and oxygen atoms in total. The molecule has 1 aliphatic heterocycles. The van der Waals surface area contributed by atoms with Gasteiger partial charge in [-0.25, -0.2) is 4.39 Å². The Hall–Kier alpha value is -2.91. The number of rotatable bonds is 4. The monoisotopic (exact) mass is 462 g/mol. The zero-order valence-electron chi connectivity index (χ0n) is 18.5. The van der Waals surface area contributed by atoms with E-state index in [0.29, 0.717) is 35.4 Å². The summed E-state index contributed by atoms with van der Waals surface area (Å²) in [6.07, 6.45) is -2.79. The van der Waals surface area contributed by atoms with Crippen molar-refractivity contribution in [2.75, 3.05) is 38.1 Å². The molecular weight excluding hydrogens is 436 g/mol. The fourth-order valence-corrected chi connectivity index (χ4v) is 4.16. The first-order chi connectivity index (χ1) is 15.5. The lowest BCUT2D eigenvalue weighted by Gasteiger charge is -2.34. The van der Waals surface area contributed by atoms with E-state index in [1.807, 2.05) is 11.9 Å². The van der Waals surface area contributed by atoms with Crippen LogP contribution in [0.1, 0.15) is 29.7 Å². The van der Waals surface area contributed by atoms with Gasteiger partial charge in [0.15, 0.2) is 5.43 Å². The Kier molecular flexibility index (Phi) is 6.20. The van der Waals surface area contributed by atoms with Crippen LogP contribution in [0, 0.1) is 5.82 Å². The number of aromatic nitrogens is 1. The third kappa shape index (κ3) is 4.74. The normalized spacial score (nSPS) is 16.4. The van der Waals surface area contributed by atoms with Gasteiger partial charge in [0.05, 0.1) is 16.8 Å². The standard InChI is InChI=1S/C24H26F4N4O/c1-15(29)19-14-32(13-16-3-5-17(6-4-16)24(26,27)28)21-12-22(20(25)11-18(21)23(19)33)31-9-7-30(2)8-10-31/h3-6,11-12,14-15H,7-10,13,29H2,1-2H3. The minimum absolute atomic E-state index is 0.201. The minimum Gasteiger partial charge on any atom is -0.367 e. The van der Waals surface area contributed by atoms with E-state index >= 15 is 4.39 Å². The van der Waals surface area contributed by atoms with Gasteiger partial charge in [-0.05, 0) is 43.8 Å². The van der Waals surface area contributed by atoms with Crippen molar-refractivity contribution in [2.45, 2.75) is 25.7 Å². The van der Waals surface area contributed by atoms with Crippen molar-refractivity contribution in [3.63, 3.8) is 0 Å². The maximum atomic E-state index is 15.1. The summed E-state index contributed by atoms with van der Waals surface area (Å²) in [5.74, 6) is -0.480. The SMILES string of the molecule is CC(N)c1cn(Cc2ccc(C(F)(F)F)cc2)c2cc(N3CCN(C)CC3)c(F)cc2c1=O. The molecule has 1 atom stereocenters. The van der Waals surface area contributed by atoms with Gasteiger partial charge >= 0.3 is 6.18 Å². The number of halogens is 4. The number of pyridine rings is 1. The molecule has 0 radical (unpaired) electrons. The number of likely N-dealkylation sites (N-methyl/N-ethyl adjacent to an activating group) is 1. The Bertz CT molecular complexity index is 1210. The molecule has 4 rings (SSSR count). The van der Waals surface area contributed by atoms with E-state index in [1.165, 1.54) is 18.2 Å². The average Bonchev–Trinajstić information content (AvgIpc) is 2.76. The molecule has 1 aromatic heterocycles. The predicted molar refractivity (Wildman–Crippen MR) is 121 cm³/mol. The van der Waals surface area contributed by atoms with Gasteiger partial charge in [-0.2, -0.15) is 13.2 Å². The third-order valence-electron chi connectivity index (χ3n) is 6.15. The second-order valence-electron chi connectivity index (χ2n) is 8.64. The molecule has 1 fully saturated rings. The summed E-state index contributed by atoms with van der Waals surface area (Å²) in [5, 5.41) is 0.201. The summed E-state index contributed by atoms with van der Waals surface area (Å²) in [4.78, 5) is 17.1. The molecule has 9 heteroatoms. The van der Waals surface area contributed by atoms with Crippen molar-refractivity contribution < 1.29 is 17.6 Å². The number of hydrogen-bond acceptors (Lipinski definition) is 4. The van der Waals surface area contributed by atoms with Crippen LogP contribution in [0.4, 0.5) is 23.2 Å². The molecule has 0 spiro atoms. The van der Waals surface area contributed by atoms with Crippen LogP contribution in [-0.4, -0.2) is 42.7 Å². The highest BCUT2D eigenvalue weighted by Crippen LogP contribution is 2.30. The number of alkyl halides is 3. The molecule has 2 aromatic carbocycles. The van der Waals surface area contributed by atoms with Gasteiger partial charge in [0, 0.05) is 55.9 Å². The molecule has 0 aliphatic carbocycles. The largest absolute Gasteiger partial charge is 0.416 e. The van der Waals surface area contributed by atoms with Crippen LogP contribution in [0.25, 0.3) is 10.9 Å². The highest BCUT2D eigenvalue weighted by Gasteiger charge is 2.30. The fraction of sp³-hybridized carbons (Fsp3) is 0.375. The molecule has 0 bridgehead atoms. The number of benzene rings is 2. The summed E-state index contributed by atoms with van der Waals surface area (Å²) in [6, 6.07) is 7.20. The van der Waals surface area contributed by atoms with Crippen molar-refractivity contribution in [3.05, 3.63) is 75.3 Å². The molecule has 0 saturated carbocycles. The van der Waals surface area contributed by atoms with Crippen molar-refractivity contribution in [1.29, 1.82) is 0 Å². The predicted octanol–water partition coefficient (Wildman–Crippen LogP) is 3.98. The lowest BCUT2D eigenvalue weighted by atomic mass is 10.0. The maximum Gasteiger partial charge on any atom is 0.416 e. The first-order valence-electron chi connectivity index (χ1n) is 10.8. The number of anilines is 1. The summed E-state index contributed by atoms with van der Waals surface area (Å²) >= 11 is 0. The van der Waals surface area contributed by atoms with Gasteiger partial charge in [-0.15, -0.1) is 0 Å². The second-order valence-corrected chi connectivity index (χ2v) is 8.64. The molecule has 1 saturated heterocycles. The fourth-order valence-electron chi connectivity index (χ4n) is 4.16. The average molecular weight is 462 g/mol. The van der Waals surface area contributed by atoms with Crippen molar-refractivity contribution in [2.24, 2.45) is 5.73 Å². The highest BCUT2D eigenvalue weighted by atomic mass is 19.4. The number of nitrogens with two attached hydrogens (primary N) is 1. The Labute approximate surface area is 189 Å². The molecule has 0 amide bonds. The Morgan fingerprint density at radius 3 is 2.27 bits per heavy atom. The van der Waals surface area contributed by atoms with Gasteiger partial charge in [0.25, 0.3) is 0 Å². The topological polar surface area (TPSA) is 54.5 Å². The first-order valence-corrected chi connectivity index (χ1v) is 10.8. The number of hydrogen-bond donors (Lipinski definition) is 1. The van der Waals surface area contributed by atoms with E-state index in [0.717, 1.165) is 25.2 Å². The number of nitrogens with zero attached hydrogens (tertiary/aromatic N) is 3. The van der Waals surface area contributed by atoms with Gasteiger partial charge in [0.2, 0.25) is 0 Å². The summed E-state index contributed by atoms with van der Waals surface area (Å²) in [5.41, 5.74) is 6.78. The van der Waals surface area contributed by atoms with Crippen molar-refractivity contribution in [3.8, 4) is 0 Å². The van der Waals surface area contributed by atoms with Gasteiger partial charge < -0.3 is 20.1 Å². The van der Waals surface area contributed by atoms with Crippen LogP contribution in [0.15, 0.2) is 47.4 Å². The smallest absolute Gasteiger partial charge is 0.367 e. The first kappa shape index (κ1) is 23.3. The summed E-state index contributed by atoms with van der Waals surface area (Å²) in [6.45, 7) is 4.77. The van der Waals surface area contributed by atoms with Gasteiger partial charge in [0.1, 0.15) is 5.82 Å². The van der Waals surface area contributed by atoms with Crippen LogP contribution in [0.3, 0.4) is 0 Å². The molecule has 1 aliphatic rings. The molecule has 176 valence electrons. The number of piperazine rings is 1. The molecule has 2 N–H and O–H groups in total. The van der Waals surface area contributed by atoms with Crippen LogP contribution in [-0.2, 0) is 12.7 Å². The van der Waals surface area contributed by atoms with Crippen LogP contribution in [0.5, 0.6) is 0 Å². The van der Waals surface area contributed by atoms with Crippen molar-refractivity contribution in [1.82, 2.24) is 9.47 Å². The minimum atomic E-state index is -4.42. The van der Waals surface area contributed by atoms with Crippen LogP contribution in [0.2, 0.25) is 0 Å². The second kappa shape index (κ2) is 8.79. The molecule has 2 heterocycles. The van der Waals surface area contributed by atoms with E-state index < -0.39 is 23.6 Å².